The molecule has 2 bridgehead atoms. The first kappa shape index (κ1) is 16.0. The maximum absolute atomic E-state index is 13.2. The summed E-state index contributed by atoms with van der Waals surface area (Å²) in [5.74, 6) is -0.231. The van der Waals surface area contributed by atoms with Crippen LogP contribution in [0.2, 0.25) is 0 Å². The highest BCUT2D eigenvalue weighted by Crippen LogP contribution is 2.28. The topological polar surface area (TPSA) is 67.2 Å². The van der Waals surface area contributed by atoms with Crippen LogP contribution in [0.25, 0.3) is 5.69 Å². The van der Waals surface area contributed by atoms with Gasteiger partial charge >= 0.3 is 0 Å². The SMILES string of the molecule is Cc1cc(=O)c(C(=O)N2C3CCNCC2CC3)nn1-c1ccccc1. The van der Waals surface area contributed by atoms with Gasteiger partial charge in [-0.2, -0.15) is 5.10 Å². The number of amides is 1. The fourth-order valence-electron chi connectivity index (χ4n) is 3.96. The first-order chi connectivity index (χ1) is 12.1. The highest BCUT2D eigenvalue weighted by molar-refractivity contribution is 5.92. The molecule has 2 unspecified atom stereocenters. The Bertz CT molecular complexity index is 832. The van der Waals surface area contributed by atoms with Crippen LogP contribution in [0.5, 0.6) is 0 Å². The number of nitrogens with one attached hydrogen (secondary N) is 1. The second kappa shape index (κ2) is 6.44. The number of fused-ring (bicyclic) bond motifs is 2. The van der Waals surface area contributed by atoms with Crippen molar-refractivity contribution in [2.45, 2.75) is 38.3 Å². The predicted molar refractivity (Wildman–Crippen MR) is 95.0 cm³/mol. The van der Waals surface area contributed by atoms with Gasteiger partial charge in [-0.3, -0.25) is 9.59 Å². The van der Waals surface area contributed by atoms with E-state index in [0.717, 1.165) is 38.0 Å². The Hall–Kier alpha value is -2.47. The average Bonchev–Trinajstić information content (AvgIpc) is 2.88. The first-order valence-corrected chi connectivity index (χ1v) is 8.85. The van der Waals surface area contributed by atoms with Gasteiger partial charge in [0.15, 0.2) is 5.69 Å². The predicted octanol–water partition coefficient (Wildman–Crippen LogP) is 1.51. The zero-order chi connectivity index (χ0) is 17.4. The first-order valence-electron chi connectivity index (χ1n) is 8.85. The molecule has 1 amide bonds. The van der Waals surface area contributed by atoms with Crippen molar-refractivity contribution in [1.82, 2.24) is 20.0 Å². The van der Waals surface area contributed by atoms with Gasteiger partial charge in [0.1, 0.15) is 0 Å². The lowest BCUT2D eigenvalue weighted by Gasteiger charge is -2.27. The van der Waals surface area contributed by atoms with Gasteiger partial charge in [-0.25, -0.2) is 4.68 Å². The Morgan fingerprint density at radius 3 is 2.72 bits per heavy atom. The zero-order valence-corrected chi connectivity index (χ0v) is 14.3. The van der Waals surface area contributed by atoms with Crippen LogP contribution in [-0.2, 0) is 0 Å². The molecule has 0 spiro atoms. The Labute approximate surface area is 146 Å². The lowest BCUT2D eigenvalue weighted by atomic mass is 10.1. The van der Waals surface area contributed by atoms with Gasteiger partial charge in [0.05, 0.1) is 5.69 Å². The third-order valence-corrected chi connectivity index (χ3v) is 5.20. The molecule has 1 aromatic heterocycles. The number of hydrogen-bond donors (Lipinski definition) is 1. The molecule has 130 valence electrons. The molecule has 2 aliphatic heterocycles. The third kappa shape index (κ3) is 2.87. The molecule has 2 aromatic rings. The monoisotopic (exact) mass is 338 g/mol. The molecule has 3 heterocycles. The number of aromatic nitrogens is 2. The van der Waals surface area contributed by atoms with Crippen molar-refractivity contribution >= 4 is 5.91 Å². The summed E-state index contributed by atoms with van der Waals surface area (Å²) in [6.45, 7) is 3.54. The van der Waals surface area contributed by atoms with Crippen LogP contribution < -0.4 is 10.7 Å². The molecule has 0 aliphatic carbocycles. The van der Waals surface area contributed by atoms with E-state index in [4.69, 9.17) is 0 Å². The smallest absolute Gasteiger partial charge is 0.278 e. The van der Waals surface area contributed by atoms with Crippen LogP contribution in [0.4, 0.5) is 0 Å². The number of aryl methyl sites for hydroxylation is 1. The van der Waals surface area contributed by atoms with Crippen LogP contribution in [0.15, 0.2) is 41.2 Å². The molecule has 2 atom stereocenters. The molecule has 2 aliphatic rings. The van der Waals surface area contributed by atoms with Crippen LogP contribution >= 0.6 is 0 Å². The van der Waals surface area contributed by atoms with Crippen molar-refractivity contribution in [3.05, 3.63) is 58.0 Å². The van der Waals surface area contributed by atoms with E-state index in [9.17, 15) is 9.59 Å². The van der Waals surface area contributed by atoms with Gasteiger partial charge in [-0.05, 0) is 44.9 Å². The summed E-state index contributed by atoms with van der Waals surface area (Å²) >= 11 is 0. The summed E-state index contributed by atoms with van der Waals surface area (Å²) in [4.78, 5) is 27.5. The number of nitrogens with zero attached hydrogens (tertiary/aromatic N) is 3. The summed E-state index contributed by atoms with van der Waals surface area (Å²) in [6, 6.07) is 11.5. The fraction of sp³-hybridized carbons (Fsp3) is 0.421. The number of benzene rings is 1. The minimum Gasteiger partial charge on any atom is -0.330 e. The summed E-state index contributed by atoms with van der Waals surface area (Å²) in [5, 5.41) is 7.82. The molecule has 0 saturated carbocycles. The highest BCUT2D eigenvalue weighted by atomic mass is 16.2. The van der Waals surface area contributed by atoms with E-state index < -0.39 is 0 Å². The second-order valence-electron chi connectivity index (χ2n) is 6.84. The van der Waals surface area contributed by atoms with Crippen molar-refractivity contribution in [2.24, 2.45) is 0 Å². The molecular weight excluding hydrogens is 316 g/mol. The van der Waals surface area contributed by atoms with Gasteiger partial charge in [0, 0.05) is 30.4 Å². The van der Waals surface area contributed by atoms with Gasteiger partial charge in [-0.15, -0.1) is 0 Å². The van der Waals surface area contributed by atoms with Crippen molar-refractivity contribution in [1.29, 1.82) is 0 Å². The standard InChI is InChI=1S/C19H22N4O2/c1-13-11-17(24)18(21-23(13)15-5-3-2-4-6-15)19(25)22-14-7-8-16(22)12-20-10-9-14/h2-6,11,14,16,20H,7-10,12H2,1H3. The minimum atomic E-state index is -0.300. The average molecular weight is 338 g/mol. The van der Waals surface area contributed by atoms with E-state index in [2.05, 4.69) is 10.4 Å². The van der Waals surface area contributed by atoms with Crippen LogP contribution in [0, 0.1) is 6.92 Å². The van der Waals surface area contributed by atoms with Crippen LogP contribution in [-0.4, -0.2) is 45.8 Å². The Morgan fingerprint density at radius 2 is 1.92 bits per heavy atom. The van der Waals surface area contributed by atoms with Gasteiger partial charge in [0.25, 0.3) is 5.91 Å². The van der Waals surface area contributed by atoms with Gasteiger partial charge in [-0.1, -0.05) is 18.2 Å². The minimum absolute atomic E-state index is 0.0215. The largest absolute Gasteiger partial charge is 0.330 e. The van der Waals surface area contributed by atoms with E-state index in [1.54, 1.807) is 4.68 Å². The normalized spacial score (nSPS) is 22.7. The molecule has 1 N–H and O–H groups in total. The molecule has 0 radical (unpaired) electrons. The fourth-order valence-corrected chi connectivity index (χ4v) is 3.96. The number of para-hydroxylation sites is 1. The zero-order valence-electron chi connectivity index (χ0n) is 14.3. The van der Waals surface area contributed by atoms with E-state index >= 15 is 0 Å². The summed E-state index contributed by atoms with van der Waals surface area (Å²) in [5.41, 5.74) is 1.28. The Kier molecular flexibility index (Phi) is 4.13. The molecule has 2 saturated heterocycles. The van der Waals surface area contributed by atoms with E-state index in [-0.39, 0.29) is 29.1 Å². The van der Waals surface area contributed by atoms with Crippen LogP contribution in [0.1, 0.15) is 35.4 Å². The molecule has 6 nitrogen and oxygen atoms in total. The van der Waals surface area contributed by atoms with Gasteiger partial charge in [0.2, 0.25) is 5.43 Å². The third-order valence-electron chi connectivity index (χ3n) is 5.20. The maximum atomic E-state index is 13.2. The van der Waals surface area contributed by atoms with Crippen molar-refractivity contribution in [3.63, 3.8) is 0 Å². The maximum Gasteiger partial charge on any atom is 0.278 e. The van der Waals surface area contributed by atoms with Crippen molar-refractivity contribution in [3.8, 4) is 5.69 Å². The Balaban J connectivity index is 1.75. The van der Waals surface area contributed by atoms with E-state index in [1.165, 1.54) is 6.07 Å². The summed E-state index contributed by atoms with van der Waals surface area (Å²) in [6.07, 6.45) is 2.93. The lowest BCUT2D eigenvalue weighted by molar-refractivity contribution is 0.0670. The summed E-state index contributed by atoms with van der Waals surface area (Å²) in [7, 11) is 0. The lowest BCUT2D eigenvalue weighted by Crippen LogP contribution is -2.45. The van der Waals surface area contributed by atoms with E-state index in [0.29, 0.717) is 5.69 Å². The molecular formula is C19H22N4O2. The molecule has 25 heavy (non-hydrogen) atoms. The second-order valence-corrected chi connectivity index (χ2v) is 6.84. The number of carbonyl (C=O) groups is 1. The van der Waals surface area contributed by atoms with Crippen molar-refractivity contribution in [2.75, 3.05) is 13.1 Å². The molecule has 4 rings (SSSR count). The van der Waals surface area contributed by atoms with Crippen molar-refractivity contribution < 1.29 is 4.79 Å². The number of hydrogen-bond acceptors (Lipinski definition) is 4. The van der Waals surface area contributed by atoms with Crippen LogP contribution in [0.3, 0.4) is 0 Å². The summed E-state index contributed by atoms with van der Waals surface area (Å²) < 4.78 is 1.67. The molecule has 2 fully saturated rings. The highest BCUT2D eigenvalue weighted by Gasteiger charge is 2.39. The van der Waals surface area contributed by atoms with E-state index in [1.807, 2.05) is 42.2 Å². The number of carbonyl (C=O) groups excluding carboxylic acids is 1. The molecule has 1 aromatic carbocycles. The molecule has 6 heteroatoms. The van der Waals surface area contributed by atoms with Gasteiger partial charge < -0.3 is 10.2 Å². The number of rotatable bonds is 2. The quantitative estimate of drug-likeness (QED) is 0.901. The Morgan fingerprint density at radius 1 is 1.16 bits per heavy atom.